The highest BCUT2D eigenvalue weighted by Crippen LogP contribution is 2.70. The summed E-state index contributed by atoms with van der Waals surface area (Å²) in [6, 6.07) is 0. The number of hydrogen-bond acceptors (Lipinski definition) is 8. The zero-order chi connectivity index (χ0) is 28.0. The minimum Gasteiger partial charge on any atom is -0.459 e. The molecular weight excluding hydrogens is 488 g/mol. The van der Waals surface area contributed by atoms with E-state index < -0.39 is 64.1 Å². The smallest absolute Gasteiger partial charge is 0.333 e. The molecule has 0 radical (unpaired) electrons. The van der Waals surface area contributed by atoms with Gasteiger partial charge in [0.2, 0.25) is 0 Å². The van der Waals surface area contributed by atoms with Crippen LogP contribution >= 0.6 is 0 Å². The molecule has 3 saturated carbocycles. The molecule has 208 valence electrons. The average Bonchev–Trinajstić information content (AvgIpc) is 3.01. The number of allylic oxidation sites excluding steroid dienone is 3. The number of esters is 2. The second kappa shape index (κ2) is 8.60. The van der Waals surface area contributed by atoms with Gasteiger partial charge in [-0.1, -0.05) is 31.6 Å². The normalized spacial score (nSPS) is 47.0. The van der Waals surface area contributed by atoms with E-state index in [0.29, 0.717) is 30.4 Å². The number of ketones is 1. The van der Waals surface area contributed by atoms with Gasteiger partial charge in [0, 0.05) is 36.7 Å². The van der Waals surface area contributed by atoms with Crippen LogP contribution in [0.1, 0.15) is 73.6 Å². The number of carbonyl (C=O) groups excluding carboxylic acids is 3. The minimum atomic E-state index is -1.72. The molecular formula is C30H40O8. The van der Waals surface area contributed by atoms with Crippen LogP contribution in [0.3, 0.4) is 0 Å². The van der Waals surface area contributed by atoms with E-state index in [-0.39, 0.29) is 24.5 Å². The second-order valence-corrected chi connectivity index (χ2v) is 12.8. The quantitative estimate of drug-likeness (QED) is 0.477. The molecule has 0 amide bonds. The molecule has 0 aromatic carbocycles. The maximum absolute atomic E-state index is 13.3. The molecule has 38 heavy (non-hydrogen) atoms. The Morgan fingerprint density at radius 3 is 2.50 bits per heavy atom. The zero-order valence-electron chi connectivity index (χ0n) is 23.1. The summed E-state index contributed by atoms with van der Waals surface area (Å²) < 4.78 is 11.5. The average molecular weight is 529 g/mol. The first-order chi connectivity index (χ1) is 17.6. The molecule has 0 saturated heterocycles. The van der Waals surface area contributed by atoms with Crippen molar-refractivity contribution in [2.24, 2.45) is 28.6 Å². The molecule has 1 heterocycles. The van der Waals surface area contributed by atoms with Crippen LogP contribution in [0.4, 0.5) is 0 Å². The number of fused-ring (bicyclic) bond motifs is 5. The maximum Gasteiger partial charge on any atom is 0.333 e. The monoisotopic (exact) mass is 528 g/mol. The van der Waals surface area contributed by atoms with Crippen LogP contribution < -0.4 is 0 Å². The van der Waals surface area contributed by atoms with Crippen molar-refractivity contribution in [3.05, 3.63) is 34.9 Å². The molecule has 8 nitrogen and oxygen atoms in total. The van der Waals surface area contributed by atoms with E-state index >= 15 is 0 Å². The number of hydrogen-bond donors (Lipinski definition) is 3. The van der Waals surface area contributed by atoms with E-state index in [2.05, 4.69) is 0 Å². The first-order valence-corrected chi connectivity index (χ1v) is 13.7. The summed E-state index contributed by atoms with van der Waals surface area (Å²) >= 11 is 0. The van der Waals surface area contributed by atoms with E-state index in [0.717, 1.165) is 5.57 Å². The highest BCUT2D eigenvalue weighted by molar-refractivity contribution is 5.99. The molecule has 10 atom stereocenters. The van der Waals surface area contributed by atoms with Crippen molar-refractivity contribution in [1.82, 2.24) is 0 Å². The topological polar surface area (TPSA) is 130 Å². The van der Waals surface area contributed by atoms with Crippen molar-refractivity contribution in [3.63, 3.8) is 0 Å². The number of aliphatic hydroxyl groups is 3. The Balaban J connectivity index is 1.60. The highest BCUT2D eigenvalue weighted by atomic mass is 16.6. The van der Waals surface area contributed by atoms with Gasteiger partial charge >= 0.3 is 11.9 Å². The molecule has 4 aliphatic carbocycles. The summed E-state index contributed by atoms with van der Waals surface area (Å²) in [6.45, 7) is 10.4. The summed E-state index contributed by atoms with van der Waals surface area (Å²) in [6.07, 6.45) is 3.86. The van der Waals surface area contributed by atoms with E-state index in [1.54, 1.807) is 19.1 Å². The Labute approximate surface area is 223 Å². The van der Waals surface area contributed by atoms with Crippen LogP contribution in [0.2, 0.25) is 0 Å². The molecule has 3 N–H and O–H groups in total. The molecule has 5 rings (SSSR count). The fraction of sp³-hybridized carbons (Fsp3) is 0.700. The van der Waals surface area contributed by atoms with Crippen molar-refractivity contribution >= 4 is 17.7 Å². The predicted octanol–water partition coefficient (Wildman–Crippen LogP) is 2.94. The van der Waals surface area contributed by atoms with Crippen LogP contribution in [0, 0.1) is 28.6 Å². The third-order valence-electron chi connectivity index (χ3n) is 11.4. The summed E-state index contributed by atoms with van der Waals surface area (Å²) in [5.41, 5.74) is -3.33. The SMILES string of the molecule is CC(=O)O[C@H]1C[C@@](O)([C@H](C)[C@H]2CC(C)=C(C)C(=O)O2)[C@@]2(C)CC[C@H]3[C@@H](C[C@H](O)C4=CC=CC(=O)[C@@]43C)[C@@]12O. The van der Waals surface area contributed by atoms with E-state index in [1.807, 2.05) is 27.7 Å². The van der Waals surface area contributed by atoms with Crippen LogP contribution in [0.25, 0.3) is 0 Å². The Morgan fingerprint density at radius 2 is 1.87 bits per heavy atom. The lowest BCUT2D eigenvalue weighted by Crippen LogP contribution is -2.70. The molecule has 1 aliphatic heterocycles. The number of carbonyl (C=O) groups is 3. The van der Waals surface area contributed by atoms with Crippen LogP contribution in [-0.4, -0.2) is 62.6 Å². The van der Waals surface area contributed by atoms with Gasteiger partial charge in [-0.2, -0.15) is 0 Å². The van der Waals surface area contributed by atoms with Gasteiger partial charge in [-0.3, -0.25) is 9.59 Å². The summed E-state index contributed by atoms with van der Waals surface area (Å²) in [7, 11) is 0. The van der Waals surface area contributed by atoms with Gasteiger partial charge in [-0.15, -0.1) is 0 Å². The molecule has 3 fully saturated rings. The number of cyclic esters (lactones) is 1. The molecule has 0 unspecified atom stereocenters. The van der Waals surface area contributed by atoms with Gasteiger partial charge in [-0.05, 0) is 63.5 Å². The molecule has 5 aliphatic rings. The van der Waals surface area contributed by atoms with Crippen LogP contribution in [-0.2, 0) is 23.9 Å². The van der Waals surface area contributed by atoms with Crippen molar-refractivity contribution in [1.29, 1.82) is 0 Å². The van der Waals surface area contributed by atoms with Crippen LogP contribution in [0.5, 0.6) is 0 Å². The van der Waals surface area contributed by atoms with Crippen molar-refractivity contribution in [3.8, 4) is 0 Å². The maximum atomic E-state index is 13.3. The largest absolute Gasteiger partial charge is 0.459 e. The van der Waals surface area contributed by atoms with E-state index in [4.69, 9.17) is 9.47 Å². The van der Waals surface area contributed by atoms with Gasteiger partial charge in [0.05, 0.1) is 17.1 Å². The number of ether oxygens (including phenoxy) is 2. The Morgan fingerprint density at radius 1 is 1.18 bits per heavy atom. The van der Waals surface area contributed by atoms with E-state index in [1.165, 1.54) is 13.0 Å². The fourth-order valence-electron chi connectivity index (χ4n) is 8.87. The molecule has 0 aromatic rings. The molecule has 0 aromatic heterocycles. The van der Waals surface area contributed by atoms with Gasteiger partial charge < -0.3 is 24.8 Å². The third-order valence-corrected chi connectivity index (χ3v) is 11.4. The Bertz CT molecular complexity index is 1180. The highest BCUT2D eigenvalue weighted by Gasteiger charge is 2.78. The minimum absolute atomic E-state index is 0.0386. The lowest BCUT2D eigenvalue weighted by atomic mass is 9.43. The van der Waals surface area contributed by atoms with Crippen molar-refractivity contribution in [2.75, 3.05) is 0 Å². The molecule has 8 heteroatoms. The summed E-state index contributed by atoms with van der Waals surface area (Å²) in [5.74, 6) is -2.63. The summed E-state index contributed by atoms with van der Waals surface area (Å²) in [4.78, 5) is 38.1. The fourth-order valence-corrected chi connectivity index (χ4v) is 8.87. The summed E-state index contributed by atoms with van der Waals surface area (Å²) in [5, 5.41) is 36.6. The molecule has 0 spiro atoms. The second-order valence-electron chi connectivity index (χ2n) is 12.8. The third kappa shape index (κ3) is 3.29. The zero-order valence-corrected chi connectivity index (χ0v) is 23.1. The predicted molar refractivity (Wildman–Crippen MR) is 137 cm³/mol. The lowest BCUT2D eigenvalue weighted by molar-refractivity contribution is -0.256. The Kier molecular flexibility index (Phi) is 6.18. The van der Waals surface area contributed by atoms with Gasteiger partial charge in [0.25, 0.3) is 0 Å². The van der Waals surface area contributed by atoms with Crippen molar-refractivity contribution in [2.45, 2.75) is 103 Å². The molecule has 0 bridgehead atoms. The Hall–Kier alpha value is -2.29. The standard InChI is InChI=1S/C30H40O8/c1-15-12-23(38-26(34)16(15)2)17(3)29(35)14-25(37-18(4)31)30(36)21-13-22(32)20-8-7-9-24(33)28(20,6)19(21)10-11-27(29,30)5/h7-9,17,19,21-23,25,32,35-36H,10-14H2,1-6H3/t17-,19+,21-,22+,23-,25+,27-,28-,29-,30-/m1/s1. The first kappa shape index (κ1) is 27.3. The van der Waals surface area contributed by atoms with Crippen LogP contribution in [0.15, 0.2) is 34.9 Å². The van der Waals surface area contributed by atoms with Gasteiger partial charge in [-0.25, -0.2) is 4.79 Å². The van der Waals surface area contributed by atoms with Crippen molar-refractivity contribution < 1.29 is 39.2 Å². The number of aliphatic hydroxyl groups excluding tert-OH is 1. The van der Waals surface area contributed by atoms with E-state index in [9.17, 15) is 29.7 Å². The first-order valence-electron chi connectivity index (χ1n) is 13.7. The van der Waals surface area contributed by atoms with Gasteiger partial charge in [0.1, 0.15) is 17.8 Å². The number of rotatable bonds is 3. The lowest BCUT2D eigenvalue weighted by Gasteiger charge is -2.63. The van der Waals surface area contributed by atoms with Gasteiger partial charge in [0.15, 0.2) is 5.78 Å².